The van der Waals surface area contributed by atoms with Gasteiger partial charge in [0.05, 0.1) is 11.3 Å². The van der Waals surface area contributed by atoms with E-state index in [1.54, 1.807) is 6.92 Å². The fourth-order valence-corrected chi connectivity index (χ4v) is 4.19. The number of nitrogens with zero attached hydrogens (tertiary/aromatic N) is 1. The van der Waals surface area contributed by atoms with Crippen LogP contribution in [0.15, 0.2) is 47.3 Å². The summed E-state index contributed by atoms with van der Waals surface area (Å²) in [5.74, 6) is 0.0290. The summed E-state index contributed by atoms with van der Waals surface area (Å²) in [5, 5.41) is 5.56. The minimum absolute atomic E-state index is 0.0290. The highest BCUT2D eigenvalue weighted by Crippen LogP contribution is 2.23. The van der Waals surface area contributed by atoms with Crippen molar-refractivity contribution >= 4 is 29.5 Å². The van der Waals surface area contributed by atoms with Gasteiger partial charge in [0, 0.05) is 48.9 Å². The van der Waals surface area contributed by atoms with Gasteiger partial charge >= 0.3 is 0 Å². The molecule has 1 aliphatic heterocycles. The molecule has 0 bridgehead atoms. The van der Waals surface area contributed by atoms with Crippen LogP contribution >= 0.6 is 0 Å². The van der Waals surface area contributed by atoms with E-state index < -0.39 is 0 Å². The molecule has 1 saturated heterocycles. The lowest BCUT2D eigenvalue weighted by Gasteiger charge is -2.16. The maximum absolute atomic E-state index is 12.7. The maximum Gasteiger partial charge on any atom is 0.257 e. The lowest BCUT2D eigenvalue weighted by Crippen LogP contribution is -2.35. The lowest BCUT2D eigenvalue weighted by molar-refractivity contribution is -0.119. The molecule has 0 aliphatic carbocycles. The Balaban J connectivity index is 1.57. The minimum Gasteiger partial charge on any atom is -0.354 e. The first kappa shape index (κ1) is 20.9. The highest BCUT2D eigenvalue weighted by Gasteiger charge is 2.23. The van der Waals surface area contributed by atoms with Gasteiger partial charge < -0.3 is 15.3 Å². The molecule has 6 nitrogen and oxygen atoms in total. The number of allylic oxidation sites excluding steroid dienone is 2. The largest absolute Gasteiger partial charge is 0.354 e. The third-order valence-electron chi connectivity index (χ3n) is 5.67. The van der Waals surface area contributed by atoms with E-state index in [9.17, 15) is 9.59 Å². The molecule has 160 valence electrons. The Labute approximate surface area is 181 Å². The van der Waals surface area contributed by atoms with E-state index in [4.69, 9.17) is 0 Å². The van der Waals surface area contributed by atoms with Crippen LogP contribution in [0.4, 0.5) is 0 Å². The van der Waals surface area contributed by atoms with Crippen LogP contribution in [0.2, 0.25) is 0 Å². The summed E-state index contributed by atoms with van der Waals surface area (Å²) in [5.41, 5.74) is 3.42. The number of amides is 1. The second-order valence-corrected chi connectivity index (χ2v) is 8.17. The van der Waals surface area contributed by atoms with E-state index in [0.717, 1.165) is 47.9 Å². The third kappa shape index (κ3) is 4.70. The molecule has 1 aromatic carbocycles. The third-order valence-corrected chi connectivity index (χ3v) is 5.67. The Hall–Kier alpha value is -3.38. The lowest BCUT2D eigenvalue weighted by atomic mass is 10.1. The molecule has 1 aliphatic rings. The molecular formula is C25H28N4O2. The summed E-state index contributed by atoms with van der Waals surface area (Å²) in [6, 6.07) is 10.4. The Morgan fingerprint density at radius 3 is 2.90 bits per heavy atom. The van der Waals surface area contributed by atoms with Crippen molar-refractivity contribution in [1.29, 1.82) is 0 Å². The van der Waals surface area contributed by atoms with Gasteiger partial charge in [0.1, 0.15) is 0 Å². The number of hydrogen-bond donors (Lipinski definition) is 3. The number of nitrogens with one attached hydrogen (secondary N) is 3. The molecule has 0 radical (unpaired) electrons. The molecule has 1 amide bonds. The van der Waals surface area contributed by atoms with Crippen molar-refractivity contribution in [3.8, 4) is 11.3 Å². The molecule has 1 atom stereocenters. The van der Waals surface area contributed by atoms with Crippen LogP contribution in [-0.4, -0.2) is 39.9 Å². The maximum atomic E-state index is 12.7. The van der Waals surface area contributed by atoms with Gasteiger partial charge in [-0.15, -0.1) is 0 Å². The molecular weight excluding hydrogens is 388 g/mol. The van der Waals surface area contributed by atoms with E-state index in [0.29, 0.717) is 10.9 Å². The fraction of sp³-hybridized carbons (Fsp3) is 0.280. The molecule has 2 aromatic heterocycles. The van der Waals surface area contributed by atoms with E-state index in [2.05, 4.69) is 45.0 Å². The molecule has 0 saturated carbocycles. The number of benzene rings is 1. The van der Waals surface area contributed by atoms with Crippen LogP contribution in [-0.2, 0) is 11.3 Å². The van der Waals surface area contributed by atoms with Crippen molar-refractivity contribution in [3.05, 3.63) is 69.0 Å². The first-order valence-corrected chi connectivity index (χ1v) is 10.6. The Morgan fingerprint density at radius 1 is 1.29 bits per heavy atom. The molecule has 4 rings (SSSR count). The zero-order valence-corrected chi connectivity index (χ0v) is 18.0. The van der Waals surface area contributed by atoms with Crippen molar-refractivity contribution in [2.75, 3.05) is 13.1 Å². The average molecular weight is 417 g/mol. The van der Waals surface area contributed by atoms with Crippen molar-refractivity contribution in [2.24, 2.45) is 0 Å². The Bertz CT molecular complexity index is 1320. The van der Waals surface area contributed by atoms with Crippen LogP contribution < -0.4 is 21.4 Å². The van der Waals surface area contributed by atoms with Gasteiger partial charge in [0.2, 0.25) is 5.91 Å². The Morgan fingerprint density at radius 2 is 2.13 bits per heavy atom. The monoisotopic (exact) mass is 416 g/mol. The van der Waals surface area contributed by atoms with Crippen LogP contribution in [0.3, 0.4) is 0 Å². The normalized spacial score (nSPS) is 17.7. The average Bonchev–Trinajstić information content (AvgIpc) is 3.34. The number of likely N-dealkylation sites (tertiary alicyclic amines) is 1. The molecule has 3 N–H and O–H groups in total. The summed E-state index contributed by atoms with van der Waals surface area (Å²) in [4.78, 5) is 32.6. The van der Waals surface area contributed by atoms with Gasteiger partial charge in [-0.05, 0) is 54.5 Å². The van der Waals surface area contributed by atoms with Gasteiger partial charge in [-0.3, -0.25) is 14.5 Å². The zero-order chi connectivity index (χ0) is 22.0. The van der Waals surface area contributed by atoms with Crippen molar-refractivity contribution < 1.29 is 4.79 Å². The van der Waals surface area contributed by atoms with Gasteiger partial charge in [0.15, 0.2) is 0 Å². The molecule has 1 unspecified atom stereocenters. The SMILES string of the molecule is C=c1cc(-c2cc3cc(CN4CCC(NC(C)=O)C4)ccc3[nH]2)c(=O)[nH]/c1=C/C=C\C. The number of hydrogen-bond acceptors (Lipinski definition) is 3. The topological polar surface area (TPSA) is 81.0 Å². The second-order valence-electron chi connectivity index (χ2n) is 8.17. The Kier molecular flexibility index (Phi) is 5.91. The standard InChI is InChI=1S/C25H28N4O2/c1-4-5-6-22-16(2)11-21(25(31)28-22)24-13-19-12-18(7-8-23(19)27-24)14-29-10-9-20(15-29)26-17(3)30/h4-8,11-13,20,27H,2,9-10,14-15H2,1,3H3,(H,26,30)(H,28,31)/b5-4-,22-6+. The number of rotatable bonds is 5. The zero-order valence-electron chi connectivity index (χ0n) is 18.0. The van der Waals surface area contributed by atoms with E-state index in [1.165, 1.54) is 5.56 Å². The summed E-state index contributed by atoms with van der Waals surface area (Å²) < 4.78 is 0. The summed E-state index contributed by atoms with van der Waals surface area (Å²) in [6.07, 6.45) is 6.61. The quantitative estimate of drug-likeness (QED) is 0.595. The van der Waals surface area contributed by atoms with E-state index >= 15 is 0 Å². The highest BCUT2D eigenvalue weighted by atomic mass is 16.1. The van der Waals surface area contributed by atoms with E-state index in [1.807, 2.05) is 37.3 Å². The van der Waals surface area contributed by atoms with E-state index in [-0.39, 0.29) is 17.5 Å². The number of aromatic nitrogens is 2. The fourth-order valence-electron chi connectivity index (χ4n) is 4.19. The summed E-state index contributed by atoms with van der Waals surface area (Å²) >= 11 is 0. The number of fused-ring (bicyclic) bond motifs is 1. The van der Waals surface area contributed by atoms with Crippen LogP contribution in [0.5, 0.6) is 0 Å². The van der Waals surface area contributed by atoms with Crippen LogP contribution in [0.1, 0.15) is 25.8 Å². The molecule has 0 spiro atoms. The molecule has 6 heteroatoms. The second kappa shape index (κ2) is 8.78. The number of H-pyrrole nitrogens is 2. The predicted octanol–water partition coefficient (Wildman–Crippen LogP) is 2.00. The van der Waals surface area contributed by atoms with Crippen molar-refractivity contribution in [1.82, 2.24) is 20.2 Å². The summed E-state index contributed by atoms with van der Waals surface area (Å²) in [6.45, 7) is 10.2. The first-order valence-electron chi connectivity index (χ1n) is 10.6. The number of pyridine rings is 1. The van der Waals surface area contributed by atoms with Gasteiger partial charge in [-0.1, -0.05) is 24.8 Å². The highest BCUT2D eigenvalue weighted by molar-refractivity contribution is 5.86. The van der Waals surface area contributed by atoms with Gasteiger partial charge in [-0.2, -0.15) is 0 Å². The number of aromatic amines is 2. The minimum atomic E-state index is -0.143. The number of carbonyl (C=O) groups excluding carboxylic acids is 1. The molecule has 31 heavy (non-hydrogen) atoms. The smallest absolute Gasteiger partial charge is 0.257 e. The van der Waals surface area contributed by atoms with Crippen molar-refractivity contribution in [2.45, 2.75) is 32.9 Å². The number of carbonyl (C=O) groups is 1. The summed E-state index contributed by atoms with van der Waals surface area (Å²) in [7, 11) is 0. The van der Waals surface area contributed by atoms with Crippen molar-refractivity contribution in [3.63, 3.8) is 0 Å². The van der Waals surface area contributed by atoms with Gasteiger partial charge in [0.25, 0.3) is 5.56 Å². The first-order chi connectivity index (χ1) is 14.9. The van der Waals surface area contributed by atoms with Crippen LogP contribution in [0, 0.1) is 0 Å². The predicted molar refractivity (Wildman–Crippen MR) is 126 cm³/mol. The van der Waals surface area contributed by atoms with Gasteiger partial charge in [-0.25, -0.2) is 0 Å². The molecule has 3 aromatic rings. The molecule has 1 fully saturated rings. The molecule has 3 heterocycles. The van der Waals surface area contributed by atoms with Crippen LogP contribution in [0.25, 0.3) is 34.8 Å².